The van der Waals surface area contributed by atoms with Gasteiger partial charge >= 0.3 is 5.97 Å². The topological polar surface area (TPSA) is 77.6 Å². The number of ether oxygens (including phenoxy) is 3. The zero-order chi connectivity index (χ0) is 19.7. The van der Waals surface area contributed by atoms with Crippen LogP contribution in [-0.4, -0.2) is 24.7 Å². The number of hydrogen-bond donors (Lipinski definition) is 1. The number of H-pyrrole nitrogens is 1. The number of methoxy groups -OCH3 is 1. The number of para-hydroxylation sites is 1. The van der Waals surface area contributed by atoms with Crippen molar-refractivity contribution in [2.24, 2.45) is 0 Å². The minimum Gasteiger partial charge on any atom is -0.497 e. The van der Waals surface area contributed by atoms with Gasteiger partial charge in [0.1, 0.15) is 18.1 Å². The van der Waals surface area contributed by atoms with Crippen LogP contribution in [0.1, 0.15) is 12.0 Å². The molecule has 1 aliphatic rings. The Balaban J connectivity index is 1.69. The van der Waals surface area contributed by atoms with Gasteiger partial charge in [-0.05, 0) is 29.8 Å². The van der Waals surface area contributed by atoms with Gasteiger partial charge in [0, 0.05) is 23.4 Å². The first-order chi connectivity index (χ1) is 13.5. The molecule has 1 saturated heterocycles. The molecule has 0 spiro atoms. The van der Waals surface area contributed by atoms with Crippen LogP contribution in [0.25, 0.3) is 10.9 Å². The monoisotopic (exact) mass is 377 g/mol. The number of aromatic nitrogens is 1. The van der Waals surface area contributed by atoms with Crippen molar-refractivity contribution in [3.63, 3.8) is 0 Å². The highest BCUT2D eigenvalue weighted by Crippen LogP contribution is 2.40. The lowest BCUT2D eigenvalue weighted by Crippen LogP contribution is -2.33. The van der Waals surface area contributed by atoms with E-state index in [1.807, 2.05) is 24.3 Å². The number of carbonyl (C=O) groups is 1. The van der Waals surface area contributed by atoms with Crippen LogP contribution in [0.5, 0.6) is 11.5 Å². The van der Waals surface area contributed by atoms with Gasteiger partial charge in [-0.3, -0.25) is 4.79 Å². The molecule has 1 atom stereocenters. The van der Waals surface area contributed by atoms with Crippen molar-refractivity contribution in [1.29, 1.82) is 0 Å². The molecule has 0 saturated carbocycles. The van der Waals surface area contributed by atoms with Crippen molar-refractivity contribution >= 4 is 16.9 Å². The van der Waals surface area contributed by atoms with E-state index in [4.69, 9.17) is 14.2 Å². The Labute approximate surface area is 161 Å². The second-order valence-electron chi connectivity index (χ2n) is 6.72. The summed E-state index contributed by atoms with van der Waals surface area (Å²) in [6.07, 6.45) is 0.319. The summed E-state index contributed by atoms with van der Waals surface area (Å²) in [5.74, 6) is 0.775. The van der Waals surface area contributed by atoms with Crippen molar-refractivity contribution < 1.29 is 19.0 Å². The van der Waals surface area contributed by atoms with Gasteiger partial charge in [-0.25, -0.2) is 4.79 Å². The van der Waals surface area contributed by atoms with Gasteiger partial charge in [-0.15, -0.1) is 0 Å². The van der Waals surface area contributed by atoms with Gasteiger partial charge in [-0.1, -0.05) is 30.8 Å². The quantitative estimate of drug-likeness (QED) is 0.545. The van der Waals surface area contributed by atoms with E-state index < -0.39 is 11.6 Å². The molecular weight excluding hydrogens is 358 g/mol. The number of fused-ring (bicyclic) bond motifs is 1. The van der Waals surface area contributed by atoms with Crippen LogP contribution in [0, 0.1) is 0 Å². The highest BCUT2D eigenvalue weighted by Gasteiger charge is 2.45. The summed E-state index contributed by atoms with van der Waals surface area (Å²) in [5.41, 5.74) is 0.578. The largest absolute Gasteiger partial charge is 0.497 e. The smallest absolute Gasteiger partial charge is 0.334 e. The Morgan fingerprint density at radius 2 is 1.89 bits per heavy atom. The first kappa shape index (κ1) is 17.9. The van der Waals surface area contributed by atoms with Gasteiger partial charge in [0.05, 0.1) is 12.6 Å². The number of pyridine rings is 1. The summed E-state index contributed by atoms with van der Waals surface area (Å²) in [7, 11) is 1.59. The average molecular weight is 377 g/mol. The summed E-state index contributed by atoms with van der Waals surface area (Å²) in [6, 6.07) is 16.0. The van der Waals surface area contributed by atoms with E-state index >= 15 is 0 Å². The van der Waals surface area contributed by atoms with Crippen LogP contribution in [0.15, 0.2) is 71.5 Å². The Bertz CT molecular complexity index is 1100. The van der Waals surface area contributed by atoms with Crippen LogP contribution >= 0.6 is 0 Å². The van der Waals surface area contributed by atoms with E-state index in [0.717, 1.165) is 10.9 Å². The average Bonchev–Trinajstić information content (AvgIpc) is 3.01. The van der Waals surface area contributed by atoms with E-state index in [1.54, 1.807) is 31.4 Å². The summed E-state index contributed by atoms with van der Waals surface area (Å²) >= 11 is 0. The van der Waals surface area contributed by atoms with Crippen LogP contribution in [0.2, 0.25) is 0 Å². The molecule has 28 heavy (non-hydrogen) atoms. The first-order valence-electron chi connectivity index (χ1n) is 8.81. The fourth-order valence-electron chi connectivity index (χ4n) is 3.39. The first-order valence-corrected chi connectivity index (χ1v) is 8.81. The van der Waals surface area contributed by atoms with E-state index in [9.17, 15) is 9.59 Å². The lowest BCUT2D eigenvalue weighted by Gasteiger charge is -2.28. The van der Waals surface area contributed by atoms with Crippen molar-refractivity contribution in [2.45, 2.75) is 12.0 Å². The predicted molar refractivity (Wildman–Crippen MR) is 105 cm³/mol. The number of rotatable bonds is 5. The molecular formula is C22H19NO5. The lowest BCUT2D eigenvalue weighted by atomic mass is 9.90. The molecule has 2 aromatic carbocycles. The molecule has 1 N–H and O–H groups in total. The van der Waals surface area contributed by atoms with Crippen LogP contribution in [0.4, 0.5) is 0 Å². The maximum atomic E-state index is 12.1. The number of esters is 1. The van der Waals surface area contributed by atoms with Crippen LogP contribution in [0.3, 0.4) is 0 Å². The van der Waals surface area contributed by atoms with Crippen LogP contribution in [-0.2, 0) is 15.1 Å². The number of hydrogen-bond acceptors (Lipinski definition) is 5. The van der Waals surface area contributed by atoms with Gasteiger partial charge in [0.2, 0.25) is 5.56 Å². The Morgan fingerprint density at radius 3 is 2.57 bits per heavy atom. The third-order valence-electron chi connectivity index (χ3n) is 4.87. The standard InChI is InChI=1S/C22H19NO5/c1-14-12-22(28-21(14)25,16-7-9-17(26-2)10-8-16)13-27-18-5-3-4-15-6-11-19(24)23-20(15)18/h3-11H,1,12-13H2,2H3,(H,23,24). The highest BCUT2D eigenvalue weighted by atomic mass is 16.6. The molecule has 6 nitrogen and oxygen atoms in total. The Kier molecular flexibility index (Phi) is 4.39. The fraction of sp³-hybridized carbons (Fsp3) is 0.182. The third kappa shape index (κ3) is 3.13. The van der Waals surface area contributed by atoms with Gasteiger partial charge in [-0.2, -0.15) is 0 Å². The molecule has 0 bridgehead atoms. The predicted octanol–water partition coefficient (Wildman–Crippen LogP) is 3.31. The molecule has 1 aliphatic heterocycles. The van der Waals surface area contributed by atoms with E-state index in [2.05, 4.69) is 11.6 Å². The lowest BCUT2D eigenvalue weighted by molar-refractivity contribution is -0.150. The molecule has 1 unspecified atom stereocenters. The third-order valence-corrected chi connectivity index (χ3v) is 4.87. The molecule has 2 heterocycles. The van der Waals surface area contributed by atoms with E-state index in [0.29, 0.717) is 29.0 Å². The Morgan fingerprint density at radius 1 is 1.11 bits per heavy atom. The molecule has 142 valence electrons. The SMILES string of the molecule is C=C1CC(COc2cccc3ccc(=O)[nH]c23)(c2ccc(OC)cc2)OC1=O. The molecule has 0 radical (unpaired) electrons. The summed E-state index contributed by atoms with van der Waals surface area (Å²) in [6.45, 7) is 3.89. The zero-order valence-electron chi connectivity index (χ0n) is 15.4. The number of cyclic esters (lactones) is 1. The fourth-order valence-corrected chi connectivity index (χ4v) is 3.39. The van der Waals surface area contributed by atoms with E-state index in [-0.39, 0.29) is 12.2 Å². The van der Waals surface area contributed by atoms with Crippen molar-refractivity contribution in [2.75, 3.05) is 13.7 Å². The maximum absolute atomic E-state index is 12.1. The van der Waals surface area contributed by atoms with Gasteiger partial charge in [0.25, 0.3) is 0 Å². The van der Waals surface area contributed by atoms with Crippen molar-refractivity contribution in [3.05, 3.63) is 82.7 Å². The second-order valence-corrected chi connectivity index (χ2v) is 6.72. The number of benzene rings is 2. The summed E-state index contributed by atoms with van der Waals surface area (Å²) in [4.78, 5) is 26.6. The van der Waals surface area contributed by atoms with Crippen molar-refractivity contribution in [3.8, 4) is 11.5 Å². The van der Waals surface area contributed by atoms with Crippen molar-refractivity contribution in [1.82, 2.24) is 4.98 Å². The molecule has 0 aliphatic carbocycles. The maximum Gasteiger partial charge on any atom is 0.334 e. The summed E-state index contributed by atoms with van der Waals surface area (Å²) in [5, 5.41) is 0.850. The highest BCUT2D eigenvalue weighted by molar-refractivity contribution is 5.91. The molecule has 0 amide bonds. The molecule has 1 aromatic heterocycles. The number of aromatic amines is 1. The second kappa shape index (κ2) is 6.88. The molecule has 6 heteroatoms. The minimum absolute atomic E-state index is 0.0835. The number of nitrogens with one attached hydrogen (secondary N) is 1. The zero-order valence-corrected chi connectivity index (χ0v) is 15.4. The van der Waals surface area contributed by atoms with Crippen LogP contribution < -0.4 is 15.0 Å². The molecule has 4 rings (SSSR count). The normalized spacial score (nSPS) is 18.9. The molecule has 3 aromatic rings. The Hall–Kier alpha value is -3.54. The number of carbonyl (C=O) groups excluding carboxylic acids is 1. The molecule has 1 fully saturated rings. The van der Waals surface area contributed by atoms with Gasteiger partial charge < -0.3 is 19.2 Å². The van der Waals surface area contributed by atoms with Gasteiger partial charge in [0.15, 0.2) is 5.60 Å². The van der Waals surface area contributed by atoms with E-state index in [1.165, 1.54) is 6.07 Å². The summed E-state index contributed by atoms with van der Waals surface area (Å²) < 4.78 is 17.0. The minimum atomic E-state index is -0.988.